The minimum absolute atomic E-state index is 0.133. The fraction of sp³-hybridized carbons (Fsp3) is 0.588. The molecule has 0 heterocycles. The summed E-state index contributed by atoms with van der Waals surface area (Å²) in [6.07, 6.45) is 1.53. The molecule has 1 aromatic carbocycles. The Labute approximate surface area is 128 Å². The first-order valence-electron chi connectivity index (χ1n) is 7.80. The molecule has 0 saturated heterocycles. The smallest absolute Gasteiger partial charge is 0.221 e. The summed E-state index contributed by atoms with van der Waals surface area (Å²) in [6.45, 7) is 7.60. The van der Waals surface area contributed by atoms with Crippen molar-refractivity contribution in [3.63, 3.8) is 0 Å². The quantitative estimate of drug-likeness (QED) is 0.648. The zero-order valence-corrected chi connectivity index (χ0v) is 13.6. The van der Waals surface area contributed by atoms with Crippen molar-refractivity contribution in [3.05, 3.63) is 35.9 Å². The lowest BCUT2D eigenvalue weighted by molar-refractivity contribution is -0.121. The molecule has 0 aliphatic rings. The maximum Gasteiger partial charge on any atom is 0.221 e. The second kappa shape index (κ2) is 10.4. The Kier molecular flexibility index (Phi) is 8.71. The Hall–Kier alpha value is -1.39. The number of carbonyl (C=O) groups is 1. The SMILES string of the molecule is CC(C)NCCC(=O)NCCCN(C)Cc1ccccc1. The maximum absolute atomic E-state index is 11.6. The van der Waals surface area contributed by atoms with Crippen LogP contribution in [0.5, 0.6) is 0 Å². The van der Waals surface area contributed by atoms with Gasteiger partial charge in [0.25, 0.3) is 0 Å². The van der Waals surface area contributed by atoms with Crippen molar-refractivity contribution in [2.75, 3.05) is 26.7 Å². The van der Waals surface area contributed by atoms with Gasteiger partial charge in [-0.25, -0.2) is 0 Å². The number of nitrogens with zero attached hydrogens (tertiary/aromatic N) is 1. The average molecular weight is 291 g/mol. The molecule has 1 aromatic rings. The molecule has 0 unspecified atom stereocenters. The van der Waals surface area contributed by atoms with E-state index in [-0.39, 0.29) is 5.91 Å². The van der Waals surface area contributed by atoms with E-state index < -0.39 is 0 Å². The van der Waals surface area contributed by atoms with Crippen LogP contribution < -0.4 is 10.6 Å². The molecule has 1 rings (SSSR count). The fourth-order valence-corrected chi connectivity index (χ4v) is 2.11. The molecule has 0 fully saturated rings. The van der Waals surface area contributed by atoms with E-state index in [0.29, 0.717) is 12.5 Å². The van der Waals surface area contributed by atoms with Gasteiger partial charge in [0.15, 0.2) is 0 Å². The van der Waals surface area contributed by atoms with Crippen molar-refractivity contribution in [2.24, 2.45) is 0 Å². The van der Waals surface area contributed by atoms with E-state index in [0.717, 1.165) is 32.6 Å². The molecule has 0 aromatic heterocycles. The topological polar surface area (TPSA) is 44.4 Å². The molecule has 0 atom stereocenters. The van der Waals surface area contributed by atoms with Crippen LogP contribution in [0.3, 0.4) is 0 Å². The second-order valence-electron chi connectivity index (χ2n) is 5.79. The highest BCUT2D eigenvalue weighted by Crippen LogP contribution is 2.02. The summed E-state index contributed by atoms with van der Waals surface area (Å²) in [5, 5.41) is 6.21. The molecule has 0 aliphatic heterocycles. The molecule has 4 nitrogen and oxygen atoms in total. The molecule has 0 bridgehead atoms. The van der Waals surface area contributed by atoms with Crippen LogP contribution in [0.1, 0.15) is 32.3 Å². The van der Waals surface area contributed by atoms with Gasteiger partial charge in [-0.2, -0.15) is 0 Å². The third-order valence-corrected chi connectivity index (χ3v) is 3.24. The van der Waals surface area contributed by atoms with E-state index in [1.165, 1.54) is 5.56 Å². The number of rotatable bonds is 10. The standard InChI is InChI=1S/C17H29N3O/c1-15(2)18-12-10-17(21)19-11-7-13-20(3)14-16-8-5-4-6-9-16/h4-6,8-9,15,18H,7,10-14H2,1-3H3,(H,19,21). The summed E-state index contributed by atoms with van der Waals surface area (Å²) in [5.41, 5.74) is 1.32. The molecule has 0 saturated carbocycles. The number of hydrogen-bond donors (Lipinski definition) is 2. The Bertz CT molecular complexity index is 392. The lowest BCUT2D eigenvalue weighted by atomic mass is 10.2. The van der Waals surface area contributed by atoms with Crippen molar-refractivity contribution < 1.29 is 4.79 Å². The first-order chi connectivity index (χ1) is 10.1. The number of hydrogen-bond acceptors (Lipinski definition) is 3. The normalized spacial score (nSPS) is 11.1. The van der Waals surface area contributed by atoms with Crippen molar-refractivity contribution >= 4 is 5.91 Å². The van der Waals surface area contributed by atoms with Gasteiger partial charge in [0, 0.05) is 32.1 Å². The third-order valence-electron chi connectivity index (χ3n) is 3.24. The summed E-state index contributed by atoms with van der Waals surface area (Å²) in [7, 11) is 2.11. The number of nitrogens with one attached hydrogen (secondary N) is 2. The summed E-state index contributed by atoms with van der Waals surface area (Å²) >= 11 is 0. The van der Waals surface area contributed by atoms with Crippen LogP contribution in [-0.2, 0) is 11.3 Å². The van der Waals surface area contributed by atoms with E-state index in [1.54, 1.807) is 0 Å². The van der Waals surface area contributed by atoms with E-state index in [2.05, 4.69) is 60.7 Å². The molecule has 118 valence electrons. The molecule has 0 radical (unpaired) electrons. The van der Waals surface area contributed by atoms with Crippen LogP contribution in [0.2, 0.25) is 0 Å². The van der Waals surface area contributed by atoms with E-state index in [4.69, 9.17) is 0 Å². The lowest BCUT2D eigenvalue weighted by Gasteiger charge is -2.16. The Balaban J connectivity index is 2.04. The molecule has 1 amide bonds. The van der Waals surface area contributed by atoms with Crippen LogP contribution >= 0.6 is 0 Å². The second-order valence-corrected chi connectivity index (χ2v) is 5.79. The van der Waals surface area contributed by atoms with E-state index in [9.17, 15) is 4.79 Å². The van der Waals surface area contributed by atoms with Gasteiger partial charge in [-0.05, 0) is 25.6 Å². The van der Waals surface area contributed by atoms with Gasteiger partial charge in [0.2, 0.25) is 5.91 Å². The van der Waals surface area contributed by atoms with Gasteiger partial charge in [-0.3, -0.25) is 4.79 Å². The fourth-order valence-electron chi connectivity index (χ4n) is 2.11. The Morgan fingerprint density at radius 2 is 1.90 bits per heavy atom. The Morgan fingerprint density at radius 1 is 1.19 bits per heavy atom. The molecule has 4 heteroatoms. The van der Waals surface area contributed by atoms with Gasteiger partial charge in [0.1, 0.15) is 0 Å². The van der Waals surface area contributed by atoms with E-state index >= 15 is 0 Å². The van der Waals surface area contributed by atoms with Crippen LogP contribution in [0, 0.1) is 0 Å². The van der Waals surface area contributed by atoms with Gasteiger partial charge in [-0.15, -0.1) is 0 Å². The molecular formula is C17H29N3O. The van der Waals surface area contributed by atoms with Crippen LogP contribution in [0.4, 0.5) is 0 Å². The minimum atomic E-state index is 0.133. The first kappa shape index (κ1) is 17.7. The Morgan fingerprint density at radius 3 is 2.57 bits per heavy atom. The summed E-state index contributed by atoms with van der Waals surface area (Å²) in [6, 6.07) is 10.9. The number of benzene rings is 1. The lowest BCUT2D eigenvalue weighted by Crippen LogP contribution is -2.32. The monoisotopic (exact) mass is 291 g/mol. The molecule has 21 heavy (non-hydrogen) atoms. The highest BCUT2D eigenvalue weighted by atomic mass is 16.1. The largest absolute Gasteiger partial charge is 0.356 e. The predicted octanol–water partition coefficient (Wildman–Crippen LogP) is 2.01. The van der Waals surface area contributed by atoms with Gasteiger partial charge in [0.05, 0.1) is 0 Å². The molecule has 2 N–H and O–H groups in total. The van der Waals surface area contributed by atoms with Crippen molar-refractivity contribution in [2.45, 2.75) is 39.3 Å². The molecule has 0 aliphatic carbocycles. The van der Waals surface area contributed by atoms with Crippen molar-refractivity contribution in [1.29, 1.82) is 0 Å². The van der Waals surface area contributed by atoms with E-state index in [1.807, 2.05) is 6.07 Å². The minimum Gasteiger partial charge on any atom is -0.356 e. The summed E-state index contributed by atoms with van der Waals surface area (Å²) < 4.78 is 0. The van der Waals surface area contributed by atoms with Gasteiger partial charge >= 0.3 is 0 Å². The van der Waals surface area contributed by atoms with Gasteiger partial charge in [-0.1, -0.05) is 44.2 Å². The highest BCUT2D eigenvalue weighted by Gasteiger charge is 2.03. The average Bonchev–Trinajstić information content (AvgIpc) is 2.44. The van der Waals surface area contributed by atoms with Gasteiger partial charge < -0.3 is 15.5 Å². The van der Waals surface area contributed by atoms with Crippen LogP contribution in [0.25, 0.3) is 0 Å². The summed E-state index contributed by atoms with van der Waals surface area (Å²) in [4.78, 5) is 13.9. The molecular weight excluding hydrogens is 262 g/mol. The predicted molar refractivity (Wildman–Crippen MR) is 88.2 cm³/mol. The summed E-state index contributed by atoms with van der Waals surface area (Å²) in [5.74, 6) is 0.133. The van der Waals surface area contributed by atoms with Crippen LogP contribution in [0.15, 0.2) is 30.3 Å². The van der Waals surface area contributed by atoms with Crippen molar-refractivity contribution in [1.82, 2.24) is 15.5 Å². The number of amides is 1. The van der Waals surface area contributed by atoms with Crippen LogP contribution in [-0.4, -0.2) is 43.5 Å². The number of carbonyl (C=O) groups excluding carboxylic acids is 1. The highest BCUT2D eigenvalue weighted by molar-refractivity contribution is 5.75. The third kappa shape index (κ3) is 9.21. The maximum atomic E-state index is 11.6. The zero-order chi connectivity index (χ0) is 15.5. The van der Waals surface area contributed by atoms with Crippen molar-refractivity contribution in [3.8, 4) is 0 Å². The first-order valence-corrected chi connectivity index (χ1v) is 7.80. The molecule has 0 spiro atoms. The zero-order valence-electron chi connectivity index (χ0n) is 13.6.